The summed E-state index contributed by atoms with van der Waals surface area (Å²) in [7, 11) is -8.21. The molecule has 2 aromatic carbocycles. The van der Waals surface area contributed by atoms with Gasteiger partial charge in [0.15, 0.2) is 0 Å². The third-order valence-corrected chi connectivity index (χ3v) is 7.66. The van der Waals surface area contributed by atoms with E-state index < -0.39 is 43.3 Å². The van der Waals surface area contributed by atoms with Crippen molar-refractivity contribution in [2.45, 2.75) is 81.4 Å². The first kappa shape index (κ1) is 32.2. The van der Waals surface area contributed by atoms with Gasteiger partial charge in [-0.1, -0.05) is 36.4 Å². The number of carbonyl (C=O) groups is 2. The first-order valence-electron chi connectivity index (χ1n) is 11.4. The van der Waals surface area contributed by atoms with Gasteiger partial charge in [0.05, 0.1) is 9.79 Å². The van der Waals surface area contributed by atoms with Crippen LogP contribution in [0, 0.1) is 0 Å². The van der Waals surface area contributed by atoms with Crippen molar-refractivity contribution < 1.29 is 35.9 Å². The molecule has 0 saturated heterocycles. The molecule has 2 rings (SSSR count). The lowest BCUT2D eigenvalue weighted by atomic mass is 10.1. The molecule has 0 aliphatic rings. The molecule has 0 aliphatic heterocycles. The van der Waals surface area contributed by atoms with E-state index in [-0.39, 0.29) is 28.6 Å². The number of hydrogen-bond acceptors (Lipinski definition) is 9. The Bertz CT molecular complexity index is 1170. The molecule has 0 heterocycles. The predicted octanol–water partition coefficient (Wildman–Crippen LogP) is 3.13. The smallest absolute Gasteiger partial charge is 0.323 e. The Hall–Kier alpha value is -2.80. The molecule has 0 fully saturated rings. The van der Waals surface area contributed by atoms with Crippen molar-refractivity contribution in [1.29, 1.82) is 0 Å². The highest BCUT2D eigenvalue weighted by atomic mass is 32.3. The first-order valence-corrected chi connectivity index (χ1v) is 14.4. The molecule has 2 aromatic rings. The minimum atomic E-state index is -4.10. The largest absolute Gasteiger partial charge is 0.460 e. The number of sulfonamides is 2. The predicted molar refractivity (Wildman–Crippen MR) is 139 cm³/mol. The summed E-state index contributed by atoms with van der Waals surface area (Å²) in [4.78, 5) is 22.8. The van der Waals surface area contributed by atoms with E-state index in [1.807, 2.05) is 0 Å². The highest BCUT2D eigenvalue weighted by Crippen LogP contribution is 2.14. The molecule has 0 unspecified atom stereocenters. The summed E-state index contributed by atoms with van der Waals surface area (Å²) in [5, 5.41) is 0. The van der Waals surface area contributed by atoms with Gasteiger partial charge in [-0.25, -0.2) is 16.8 Å². The molecule has 1 atom stereocenters. The lowest BCUT2D eigenvalue weighted by molar-refractivity contribution is -0.157. The highest BCUT2D eigenvalue weighted by Gasteiger charge is 2.25. The van der Waals surface area contributed by atoms with Crippen LogP contribution in [0.5, 0.6) is 0 Å². The molecular weight excluding hydrogens is 520 g/mol. The summed E-state index contributed by atoms with van der Waals surface area (Å²) in [6.45, 7) is 10.7. The van der Waals surface area contributed by atoms with Crippen LogP contribution in [0.25, 0.3) is 0 Å². The Morgan fingerprint density at radius 1 is 0.757 bits per heavy atom. The van der Waals surface area contributed by atoms with Crippen LogP contribution in [-0.2, 0) is 39.1 Å². The second-order valence-corrected chi connectivity index (χ2v) is 13.6. The van der Waals surface area contributed by atoms with Crippen molar-refractivity contribution in [3.63, 3.8) is 0 Å². The zero-order valence-electron chi connectivity index (χ0n) is 21.9. The van der Waals surface area contributed by atoms with Gasteiger partial charge in [0.2, 0.25) is 0 Å². The van der Waals surface area contributed by atoms with Gasteiger partial charge in [-0.3, -0.25) is 9.59 Å². The fourth-order valence-corrected chi connectivity index (χ4v) is 5.56. The number of carbonyl (C=O) groups excluding carboxylic acids is 2. The van der Waals surface area contributed by atoms with Crippen LogP contribution < -0.4 is 9.86 Å². The molecule has 0 radical (unpaired) electrons. The zero-order chi connectivity index (χ0) is 28.5. The summed E-state index contributed by atoms with van der Waals surface area (Å²) in [5.74, 6) is -0.854. The van der Waals surface area contributed by atoms with Crippen LogP contribution in [0.3, 0.4) is 0 Å². The van der Waals surface area contributed by atoms with Gasteiger partial charge in [0.1, 0.15) is 17.2 Å². The summed E-state index contributed by atoms with van der Waals surface area (Å²) in [6, 6.07) is 13.9. The van der Waals surface area contributed by atoms with Gasteiger partial charge in [0.25, 0.3) is 20.0 Å². The number of nitrogens with one attached hydrogen (secondary N) is 1. The Labute approximate surface area is 219 Å². The van der Waals surface area contributed by atoms with Crippen molar-refractivity contribution in [3.05, 3.63) is 60.7 Å². The molecule has 0 saturated carbocycles. The monoisotopic (exact) mass is 556 g/mol. The van der Waals surface area contributed by atoms with Gasteiger partial charge < -0.3 is 15.2 Å². The lowest BCUT2D eigenvalue weighted by Gasteiger charge is -2.22. The van der Waals surface area contributed by atoms with Gasteiger partial charge in [0, 0.05) is 6.42 Å². The van der Waals surface area contributed by atoms with E-state index in [4.69, 9.17) is 15.2 Å². The Kier molecular flexibility index (Phi) is 11.4. The Morgan fingerprint density at radius 2 is 1.14 bits per heavy atom. The van der Waals surface area contributed by atoms with Crippen molar-refractivity contribution in [2.24, 2.45) is 5.73 Å². The number of esters is 2. The average molecular weight is 557 g/mol. The maximum absolute atomic E-state index is 11.9. The Morgan fingerprint density at radius 3 is 1.49 bits per heavy atom. The van der Waals surface area contributed by atoms with E-state index in [2.05, 4.69) is 0 Å². The van der Waals surface area contributed by atoms with Gasteiger partial charge in [-0.05, 0) is 72.2 Å². The maximum atomic E-state index is 11.9. The number of benzene rings is 2. The number of hydrogen-bond donors (Lipinski definition) is 2. The molecule has 0 amide bonds. The third-order valence-electron chi connectivity index (χ3n) is 4.12. The first-order chi connectivity index (χ1) is 16.8. The zero-order valence-corrected chi connectivity index (χ0v) is 23.6. The standard InChI is InChI=1S/C13H25NO4.C12H11NO4S2/c1-12(2,3)17-10(15)8-7-9(14)11(16)18-13(4,5)6;14-18(15,11-7-3-1-4-8-11)13-19(16,17)12-9-5-2-6-10-12/h9H,7-8,14H2,1-6H3;1-10,13H/t9-;/m1./s1. The van der Waals surface area contributed by atoms with E-state index in [9.17, 15) is 26.4 Å². The van der Waals surface area contributed by atoms with Crippen molar-refractivity contribution in [1.82, 2.24) is 4.13 Å². The normalized spacial score (nSPS) is 13.1. The molecule has 0 aromatic heterocycles. The molecule has 0 bridgehead atoms. The summed E-state index contributed by atoms with van der Waals surface area (Å²) < 4.78 is 59.7. The summed E-state index contributed by atoms with van der Waals surface area (Å²) >= 11 is 0. The number of nitrogens with two attached hydrogens (primary N) is 1. The van der Waals surface area contributed by atoms with Crippen LogP contribution in [0.2, 0.25) is 0 Å². The quantitative estimate of drug-likeness (QED) is 0.466. The molecule has 206 valence electrons. The van der Waals surface area contributed by atoms with E-state index in [0.29, 0.717) is 0 Å². The van der Waals surface area contributed by atoms with E-state index in [1.54, 1.807) is 57.8 Å². The third kappa shape index (κ3) is 12.8. The molecule has 0 spiro atoms. The lowest BCUT2D eigenvalue weighted by Crippen LogP contribution is -2.38. The molecule has 0 aliphatic carbocycles. The number of rotatable bonds is 8. The average Bonchev–Trinajstić information content (AvgIpc) is 2.76. The molecular formula is C25H36N2O8S2. The van der Waals surface area contributed by atoms with Crippen molar-refractivity contribution >= 4 is 32.0 Å². The topological polar surface area (TPSA) is 159 Å². The van der Waals surface area contributed by atoms with Crippen LogP contribution in [0.4, 0.5) is 0 Å². The molecule has 12 heteroatoms. The molecule has 3 N–H and O–H groups in total. The van der Waals surface area contributed by atoms with E-state index >= 15 is 0 Å². The Balaban J connectivity index is 0.000000371. The van der Waals surface area contributed by atoms with Gasteiger partial charge in [-0.15, -0.1) is 4.13 Å². The number of ether oxygens (including phenoxy) is 2. The van der Waals surface area contributed by atoms with Gasteiger partial charge >= 0.3 is 11.9 Å². The summed E-state index contributed by atoms with van der Waals surface area (Å²) in [5.41, 5.74) is 4.56. The minimum absolute atomic E-state index is 0.102. The van der Waals surface area contributed by atoms with E-state index in [0.717, 1.165) is 0 Å². The SMILES string of the molecule is CC(C)(C)OC(=O)CC[C@@H](N)C(=O)OC(C)(C)C.O=S(=O)(NS(=O)(=O)c1ccccc1)c1ccccc1. The van der Waals surface area contributed by atoms with Crippen LogP contribution in [-0.4, -0.2) is 46.0 Å². The fourth-order valence-electron chi connectivity index (χ4n) is 2.60. The van der Waals surface area contributed by atoms with Crippen LogP contribution >= 0.6 is 0 Å². The van der Waals surface area contributed by atoms with Crippen LogP contribution in [0.15, 0.2) is 70.5 Å². The minimum Gasteiger partial charge on any atom is -0.460 e. The highest BCUT2D eigenvalue weighted by molar-refractivity contribution is 8.04. The van der Waals surface area contributed by atoms with Crippen LogP contribution in [0.1, 0.15) is 54.4 Å². The van der Waals surface area contributed by atoms with E-state index in [1.165, 1.54) is 48.5 Å². The summed E-state index contributed by atoms with van der Waals surface area (Å²) in [6.07, 6.45) is 0.335. The molecule has 37 heavy (non-hydrogen) atoms. The maximum Gasteiger partial charge on any atom is 0.323 e. The second kappa shape index (κ2) is 13.1. The molecule has 10 nitrogen and oxygen atoms in total. The van der Waals surface area contributed by atoms with Gasteiger partial charge in [-0.2, -0.15) is 0 Å². The van der Waals surface area contributed by atoms with Crippen molar-refractivity contribution in [3.8, 4) is 0 Å². The fraction of sp³-hybridized carbons (Fsp3) is 0.440. The second-order valence-electron chi connectivity index (χ2n) is 9.98. The van der Waals surface area contributed by atoms with Crippen molar-refractivity contribution in [2.75, 3.05) is 0 Å².